The van der Waals surface area contributed by atoms with Crippen LogP contribution < -0.4 is 0 Å². The highest BCUT2D eigenvalue weighted by Crippen LogP contribution is 2.18. The molecular weight excluding hydrogens is 997 g/mol. The highest BCUT2D eigenvalue weighted by atomic mass is 16.6. The third-order valence-corrected chi connectivity index (χ3v) is 15.7. The number of carbonyl (C=O) groups is 3. The molecule has 0 saturated carbocycles. The molecule has 0 spiro atoms. The lowest BCUT2D eigenvalue weighted by Crippen LogP contribution is -2.30. The summed E-state index contributed by atoms with van der Waals surface area (Å²) in [6.45, 7) is 6.56. The van der Waals surface area contributed by atoms with E-state index in [1.165, 1.54) is 238 Å². The average molecular weight is 1130 g/mol. The second-order valence-electron chi connectivity index (χ2n) is 23.8. The summed E-state index contributed by atoms with van der Waals surface area (Å²) in [5.41, 5.74) is 0. The van der Waals surface area contributed by atoms with Gasteiger partial charge in [-0.3, -0.25) is 14.4 Å². The van der Waals surface area contributed by atoms with Crippen LogP contribution in [0.1, 0.15) is 367 Å². The van der Waals surface area contributed by atoms with Gasteiger partial charge >= 0.3 is 17.9 Å². The van der Waals surface area contributed by atoms with Crippen molar-refractivity contribution in [2.75, 3.05) is 13.2 Å². The quantitative estimate of drug-likeness (QED) is 0.0261. The van der Waals surface area contributed by atoms with Crippen LogP contribution in [-0.2, 0) is 28.6 Å². The zero-order valence-corrected chi connectivity index (χ0v) is 54.1. The van der Waals surface area contributed by atoms with Gasteiger partial charge in [0.25, 0.3) is 0 Å². The van der Waals surface area contributed by atoms with Gasteiger partial charge < -0.3 is 14.2 Å². The SMILES string of the molecule is CC/C=C\C/C=C\C/C=C\C/C=C\C/C=C\CCCCCCCCCCCCCC(=O)OCC(COC(=O)CCCCCCCCCCC)OC(=O)CCCCCCCCCCCCCCCCC/C=C\CCCCCCCCCC. The van der Waals surface area contributed by atoms with Crippen molar-refractivity contribution in [3.63, 3.8) is 0 Å². The molecule has 0 saturated heterocycles. The molecule has 0 aromatic rings. The molecule has 0 aliphatic carbocycles. The van der Waals surface area contributed by atoms with Gasteiger partial charge in [0.2, 0.25) is 0 Å². The van der Waals surface area contributed by atoms with E-state index in [2.05, 4.69) is 93.7 Å². The fraction of sp³-hybridized carbons (Fsp3) is 0.800. The number of esters is 3. The first-order valence-corrected chi connectivity index (χ1v) is 35.4. The molecule has 6 nitrogen and oxygen atoms in total. The van der Waals surface area contributed by atoms with E-state index in [0.29, 0.717) is 19.3 Å². The Morgan fingerprint density at radius 1 is 0.259 bits per heavy atom. The first-order chi connectivity index (χ1) is 40.0. The minimum Gasteiger partial charge on any atom is -0.462 e. The van der Waals surface area contributed by atoms with E-state index in [4.69, 9.17) is 14.2 Å². The summed E-state index contributed by atoms with van der Waals surface area (Å²) in [6, 6.07) is 0. The van der Waals surface area contributed by atoms with Crippen LogP contribution in [0.15, 0.2) is 72.9 Å². The highest BCUT2D eigenvalue weighted by Gasteiger charge is 2.19. The molecule has 0 aliphatic rings. The van der Waals surface area contributed by atoms with Crippen molar-refractivity contribution in [2.45, 2.75) is 374 Å². The highest BCUT2D eigenvalue weighted by molar-refractivity contribution is 5.71. The van der Waals surface area contributed by atoms with Crippen LogP contribution in [-0.4, -0.2) is 37.2 Å². The lowest BCUT2D eigenvalue weighted by Gasteiger charge is -2.18. The predicted molar refractivity (Wildman–Crippen MR) is 353 cm³/mol. The van der Waals surface area contributed by atoms with Crippen LogP contribution >= 0.6 is 0 Å². The largest absolute Gasteiger partial charge is 0.462 e. The molecule has 0 radical (unpaired) electrons. The van der Waals surface area contributed by atoms with E-state index < -0.39 is 6.10 Å². The zero-order valence-electron chi connectivity index (χ0n) is 54.1. The Hall–Kier alpha value is -3.15. The molecule has 0 aliphatic heterocycles. The number of ether oxygens (including phenoxy) is 3. The van der Waals surface area contributed by atoms with Crippen molar-refractivity contribution in [3.05, 3.63) is 72.9 Å². The van der Waals surface area contributed by atoms with Crippen LogP contribution in [0, 0.1) is 0 Å². The van der Waals surface area contributed by atoms with Crippen LogP contribution in [0.3, 0.4) is 0 Å². The molecule has 0 rings (SSSR count). The monoisotopic (exact) mass is 1130 g/mol. The fourth-order valence-electron chi connectivity index (χ4n) is 10.4. The molecule has 0 fully saturated rings. The van der Waals surface area contributed by atoms with Gasteiger partial charge in [-0.25, -0.2) is 0 Å². The lowest BCUT2D eigenvalue weighted by molar-refractivity contribution is -0.167. The summed E-state index contributed by atoms with van der Waals surface area (Å²) < 4.78 is 16.9. The van der Waals surface area contributed by atoms with E-state index >= 15 is 0 Å². The Morgan fingerprint density at radius 2 is 0.481 bits per heavy atom. The third kappa shape index (κ3) is 67.5. The second kappa shape index (κ2) is 69.3. The van der Waals surface area contributed by atoms with E-state index in [9.17, 15) is 14.4 Å². The van der Waals surface area contributed by atoms with Crippen molar-refractivity contribution < 1.29 is 28.6 Å². The van der Waals surface area contributed by atoms with E-state index in [1.807, 2.05) is 0 Å². The minimum atomic E-state index is -0.774. The maximum absolute atomic E-state index is 12.9. The molecule has 1 atom stereocenters. The summed E-state index contributed by atoms with van der Waals surface area (Å²) in [7, 11) is 0. The molecule has 0 aromatic heterocycles. The topological polar surface area (TPSA) is 78.9 Å². The molecule has 0 aromatic carbocycles. The Bertz CT molecular complexity index is 1490. The normalized spacial score (nSPS) is 12.5. The lowest BCUT2D eigenvalue weighted by atomic mass is 10.0. The molecule has 6 heteroatoms. The number of rotatable bonds is 65. The summed E-state index contributed by atoms with van der Waals surface area (Å²) in [5.74, 6) is -0.857. The Balaban J connectivity index is 4.14. The minimum absolute atomic E-state index is 0.0715. The second-order valence-corrected chi connectivity index (χ2v) is 23.8. The van der Waals surface area contributed by atoms with Crippen molar-refractivity contribution in [3.8, 4) is 0 Å². The number of carbonyl (C=O) groups excluding carboxylic acids is 3. The van der Waals surface area contributed by atoms with Crippen LogP contribution in [0.25, 0.3) is 0 Å². The first kappa shape index (κ1) is 77.9. The molecule has 0 amide bonds. The van der Waals surface area contributed by atoms with E-state index in [1.54, 1.807) is 0 Å². The maximum atomic E-state index is 12.9. The van der Waals surface area contributed by atoms with Gasteiger partial charge in [0.15, 0.2) is 6.10 Å². The van der Waals surface area contributed by atoms with Crippen LogP contribution in [0.4, 0.5) is 0 Å². The van der Waals surface area contributed by atoms with Gasteiger partial charge in [0.05, 0.1) is 0 Å². The first-order valence-electron chi connectivity index (χ1n) is 35.4. The van der Waals surface area contributed by atoms with Crippen molar-refractivity contribution in [2.24, 2.45) is 0 Å². The third-order valence-electron chi connectivity index (χ3n) is 15.7. The number of hydrogen-bond donors (Lipinski definition) is 0. The Morgan fingerprint density at radius 3 is 0.765 bits per heavy atom. The molecule has 0 N–H and O–H groups in total. The molecule has 0 heterocycles. The number of unbranched alkanes of at least 4 members (excludes halogenated alkanes) is 42. The Labute approximate surface area is 503 Å². The number of hydrogen-bond acceptors (Lipinski definition) is 6. The smallest absolute Gasteiger partial charge is 0.306 e. The fourth-order valence-corrected chi connectivity index (χ4v) is 10.4. The van der Waals surface area contributed by atoms with Gasteiger partial charge in [-0.1, -0.05) is 331 Å². The molecule has 470 valence electrons. The average Bonchev–Trinajstić information content (AvgIpc) is 3.47. The molecule has 1 unspecified atom stereocenters. The Kier molecular flexibility index (Phi) is 66.6. The molecule has 0 bridgehead atoms. The van der Waals surface area contributed by atoms with Gasteiger partial charge in [-0.05, 0) is 89.9 Å². The van der Waals surface area contributed by atoms with E-state index in [-0.39, 0.29) is 31.1 Å². The van der Waals surface area contributed by atoms with Gasteiger partial charge in [-0.2, -0.15) is 0 Å². The summed E-state index contributed by atoms with van der Waals surface area (Å²) >= 11 is 0. The van der Waals surface area contributed by atoms with E-state index in [0.717, 1.165) is 89.9 Å². The van der Waals surface area contributed by atoms with Crippen molar-refractivity contribution >= 4 is 17.9 Å². The summed E-state index contributed by atoms with van der Waals surface area (Å²) in [5, 5.41) is 0. The number of allylic oxidation sites excluding steroid dienone is 12. The molecule has 81 heavy (non-hydrogen) atoms. The zero-order chi connectivity index (χ0) is 58.5. The van der Waals surface area contributed by atoms with Gasteiger partial charge in [0.1, 0.15) is 13.2 Å². The standard InChI is InChI=1S/C75H134O6/c1-4-7-10-13-16-19-21-23-25-27-29-31-33-35-37-39-41-43-45-47-49-51-53-56-59-62-65-68-74(77)80-71-72(70-79-73(76)67-64-61-58-55-18-15-12-9-6-3)81-75(78)69-66-63-60-57-54-52-50-48-46-44-42-40-38-36-34-32-30-28-26-24-22-20-17-14-11-8-5-2/h7,10,16,19,23,25,28-31,35,37,72H,4-6,8-9,11-15,17-18,20-22,24,26-27,32-34,36,38-71H2,1-3H3/b10-7-,19-16-,25-23-,30-28-,31-29-,37-35-. The summed E-state index contributed by atoms with van der Waals surface area (Å²) in [6.07, 6.45) is 90.9. The predicted octanol–water partition coefficient (Wildman–Crippen LogP) is 24.4. The van der Waals surface area contributed by atoms with Crippen molar-refractivity contribution in [1.29, 1.82) is 0 Å². The van der Waals surface area contributed by atoms with Crippen molar-refractivity contribution in [1.82, 2.24) is 0 Å². The maximum Gasteiger partial charge on any atom is 0.306 e. The van der Waals surface area contributed by atoms with Gasteiger partial charge in [-0.15, -0.1) is 0 Å². The van der Waals surface area contributed by atoms with Crippen LogP contribution in [0.2, 0.25) is 0 Å². The summed E-state index contributed by atoms with van der Waals surface area (Å²) in [4.78, 5) is 38.3. The van der Waals surface area contributed by atoms with Crippen LogP contribution in [0.5, 0.6) is 0 Å². The van der Waals surface area contributed by atoms with Gasteiger partial charge in [0, 0.05) is 19.3 Å². The molecular formula is C75H134O6.